The van der Waals surface area contributed by atoms with Crippen LogP contribution in [0.15, 0.2) is 48.5 Å². The van der Waals surface area contributed by atoms with E-state index in [4.69, 9.17) is 5.73 Å². The lowest BCUT2D eigenvalue weighted by atomic mass is 9.86. The molecule has 3 nitrogen and oxygen atoms in total. The van der Waals surface area contributed by atoms with Gasteiger partial charge in [0.1, 0.15) is 0 Å². The van der Waals surface area contributed by atoms with Crippen LogP contribution in [0, 0.1) is 0 Å². The van der Waals surface area contributed by atoms with Gasteiger partial charge >= 0.3 is 0 Å². The molecule has 0 aliphatic rings. The Kier molecular flexibility index (Phi) is 3.79. The Morgan fingerprint density at radius 3 is 2.40 bits per heavy atom. The summed E-state index contributed by atoms with van der Waals surface area (Å²) >= 11 is 0. The standard InChI is InChI=1S/C17H20N2O/c1-17(2,3)13-8-6-7-12(11-13)16(20)19-15-10-5-4-9-14(15)18/h4-11H,18H2,1-3H3,(H,19,20). The highest BCUT2D eigenvalue weighted by Crippen LogP contribution is 2.24. The SMILES string of the molecule is CC(C)(C)c1cccc(C(=O)Nc2ccccc2N)c1. The van der Waals surface area contributed by atoms with E-state index in [0.29, 0.717) is 16.9 Å². The second-order valence-corrected chi connectivity index (χ2v) is 5.87. The lowest BCUT2D eigenvalue weighted by molar-refractivity contribution is 0.102. The van der Waals surface area contributed by atoms with Crippen molar-refractivity contribution in [2.45, 2.75) is 26.2 Å². The van der Waals surface area contributed by atoms with Crippen molar-refractivity contribution in [3.05, 3.63) is 59.7 Å². The highest BCUT2D eigenvalue weighted by Gasteiger charge is 2.15. The van der Waals surface area contributed by atoms with Gasteiger partial charge in [-0.25, -0.2) is 0 Å². The molecule has 0 aromatic heterocycles. The van der Waals surface area contributed by atoms with Gasteiger partial charge < -0.3 is 11.1 Å². The van der Waals surface area contributed by atoms with Crippen LogP contribution in [0.5, 0.6) is 0 Å². The Morgan fingerprint density at radius 1 is 1.05 bits per heavy atom. The van der Waals surface area contributed by atoms with Gasteiger partial charge in [0.2, 0.25) is 0 Å². The summed E-state index contributed by atoms with van der Waals surface area (Å²) < 4.78 is 0. The van der Waals surface area contributed by atoms with Crippen molar-refractivity contribution in [1.29, 1.82) is 0 Å². The predicted octanol–water partition coefficient (Wildman–Crippen LogP) is 3.82. The van der Waals surface area contributed by atoms with Crippen LogP contribution in [0.3, 0.4) is 0 Å². The molecule has 0 saturated heterocycles. The molecule has 3 N–H and O–H groups in total. The zero-order chi connectivity index (χ0) is 14.8. The number of benzene rings is 2. The number of carbonyl (C=O) groups is 1. The summed E-state index contributed by atoms with van der Waals surface area (Å²) in [6, 6.07) is 14.9. The first kappa shape index (κ1) is 14.1. The van der Waals surface area contributed by atoms with E-state index in [0.717, 1.165) is 5.56 Å². The summed E-state index contributed by atoms with van der Waals surface area (Å²) in [5, 5.41) is 2.84. The molecule has 2 aromatic rings. The fourth-order valence-corrected chi connectivity index (χ4v) is 1.93. The molecule has 20 heavy (non-hydrogen) atoms. The van der Waals surface area contributed by atoms with Crippen LogP contribution >= 0.6 is 0 Å². The van der Waals surface area contributed by atoms with Gasteiger partial charge in [-0.1, -0.05) is 45.0 Å². The highest BCUT2D eigenvalue weighted by molar-refractivity contribution is 6.05. The van der Waals surface area contributed by atoms with E-state index in [1.54, 1.807) is 12.1 Å². The second-order valence-electron chi connectivity index (χ2n) is 5.87. The minimum absolute atomic E-state index is 0.0159. The molecule has 0 bridgehead atoms. The highest BCUT2D eigenvalue weighted by atomic mass is 16.1. The van der Waals surface area contributed by atoms with Gasteiger partial charge in [0.15, 0.2) is 0 Å². The summed E-state index contributed by atoms with van der Waals surface area (Å²) in [7, 11) is 0. The minimum Gasteiger partial charge on any atom is -0.397 e. The van der Waals surface area contributed by atoms with Crippen LogP contribution in [0.4, 0.5) is 11.4 Å². The summed E-state index contributed by atoms with van der Waals surface area (Å²) in [6.45, 7) is 6.37. The van der Waals surface area contributed by atoms with Crippen LogP contribution in [0.25, 0.3) is 0 Å². The zero-order valence-corrected chi connectivity index (χ0v) is 12.1. The first-order valence-electron chi connectivity index (χ1n) is 6.64. The maximum atomic E-state index is 12.3. The Hall–Kier alpha value is -2.29. The third kappa shape index (κ3) is 3.18. The van der Waals surface area contributed by atoms with Crippen molar-refractivity contribution in [3.8, 4) is 0 Å². The van der Waals surface area contributed by atoms with Crippen molar-refractivity contribution < 1.29 is 4.79 Å². The van der Waals surface area contributed by atoms with Crippen molar-refractivity contribution in [2.75, 3.05) is 11.1 Å². The van der Waals surface area contributed by atoms with Crippen LogP contribution in [0.2, 0.25) is 0 Å². The molecule has 0 saturated carbocycles. The Labute approximate surface area is 119 Å². The molecule has 0 atom stereocenters. The van der Waals surface area contributed by atoms with Gasteiger partial charge in [-0.3, -0.25) is 4.79 Å². The molecule has 0 heterocycles. The van der Waals surface area contributed by atoms with Crippen LogP contribution < -0.4 is 11.1 Å². The molecule has 3 heteroatoms. The number of para-hydroxylation sites is 2. The lowest BCUT2D eigenvalue weighted by Crippen LogP contribution is -2.16. The number of hydrogen-bond acceptors (Lipinski definition) is 2. The fourth-order valence-electron chi connectivity index (χ4n) is 1.93. The van der Waals surface area contributed by atoms with Gasteiger partial charge in [-0.15, -0.1) is 0 Å². The van der Waals surface area contributed by atoms with Gasteiger partial charge in [-0.2, -0.15) is 0 Å². The molecule has 2 rings (SSSR count). The zero-order valence-electron chi connectivity index (χ0n) is 12.1. The normalized spacial score (nSPS) is 11.2. The molecule has 0 spiro atoms. The van der Waals surface area contributed by atoms with Crippen molar-refractivity contribution >= 4 is 17.3 Å². The van der Waals surface area contributed by atoms with Gasteiger partial charge in [0, 0.05) is 5.56 Å². The quantitative estimate of drug-likeness (QED) is 0.813. The molecule has 0 fully saturated rings. The maximum absolute atomic E-state index is 12.3. The number of hydrogen-bond donors (Lipinski definition) is 2. The monoisotopic (exact) mass is 268 g/mol. The Bertz CT molecular complexity index is 627. The molecule has 104 valence electrons. The number of nitrogen functional groups attached to an aromatic ring is 1. The average molecular weight is 268 g/mol. The number of nitrogens with one attached hydrogen (secondary N) is 1. The smallest absolute Gasteiger partial charge is 0.255 e. The molecule has 0 aliphatic heterocycles. The predicted molar refractivity (Wildman–Crippen MR) is 83.9 cm³/mol. The average Bonchev–Trinajstić information content (AvgIpc) is 2.40. The summed E-state index contributed by atoms with van der Waals surface area (Å²) in [5.41, 5.74) is 8.82. The maximum Gasteiger partial charge on any atom is 0.255 e. The number of amides is 1. The summed E-state index contributed by atoms with van der Waals surface area (Å²) in [4.78, 5) is 12.3. The molecular formula is C17H20N2O. The van der Waals surface area contributed by atoms with E-state index in [-0.39, 0.29) is 11.3 Å². The largest absolute Gasteiger partial charge is 0.397 e. The Balaban J connectivity index is 2.24. The summed E-state index contributed by atoms with van der Waals surface area (Å²) in [5.74, 6) is -0.144. The number of anilines is 2. The van der Waals surface area contributed by atoms with Crippen molar-refractivity contribution in [3.63, 3.8) is 0 Å². The molecule has 0 radical (unpaired) electrons. The molecule has 2 aromatic carbocycles. The molecule has 0 aliphatic carbocycles. The fraction of sp³-hybridized carbons (Fsp3) is 0.235. The first-order valence-corrected chi connectivity index (χ1v) is 6.64. The van der Waals surface area contributed by atoms with Gasteiger partial charge in [0.25, 0.3) is 5.91 Å². The topological polar surface area (TPSA) is 55.1 Å². The van der Waals surface area contributed by atoms with E-state index in [1.165, 1.54) is 0 Å². The van der Waals surface area contributed by atoms with Crippen LogP contribution in [-0.4, -0.2) is 5.91 Å². The van der Waals surface area contributed by atoms with Crippen molar-refractivity contribution in [2.24, 2.45) is 0 Å². The van der Waals surface area contributed by atoms with E-state index in [1.807, 2.05) is 36.4 Å². The van der Waals surface area contributed by atoms with Crippen LogP contribution in [-0.2, 0) is 5.41 Å². The van der Waals surface area contributed by atoms with E-state index >= 15 is 0 Å². The Morgan fingerprint density at radius 2 is 1.75 bits per heavy atom. The number of nitrogens with two attached hydrogens (primary N) is 1. The van der Waals surface area contributed by atoms with Crippen LogP contribution in [0.1, 0.15) is 36.7 Å². The molecule has 1 amide bonds. The van der Waals surface area contributed by atoms with E-state index in [2.05, 4.69) is 26.1 Å². The number of carbonyl (C=O) groups excluding carboxylic acids is 1. The van der Waals surface area contributed by atoms with Gasteiger partial charge in [-0.05, 0) is 35.2 Å². The van der Waals surface area contributed by atoms with E-state index < -0.39 is 0 Å². The van der Waals surface area contributed by atoms with E-state index in [9.17, 15) is 4.79 Å². The minimum atomic E-state index is -0.144. The lowest BCUT2D eigenvalue weighted by Gasteiger charge is -2.19. The third-order valence-electron chi connectivity index (χ3n) is 3.20. The van der Waals surface area contributed by atoms with Gasteiger partial charge in [0.05, 0.1) is 11.4 Å². The molecule has 0 unspecified atom stereocenters. The first-order chi connectivity index (χ1) is 9.38. The molecular weight excluding hydrogens is 248 g/mol. The van der Waals surface area contributed by atoms with Crippen molar-refractivity contribution in [1.82, 2.24) is 0 Å². The summed E-state index contributed by atoms with van der Waals surface area (Å²) in [6.07, 6.45) is 0. The third-order valence-corrected chi connectivity index (χ3v) is 3.20. The number of rotatable bonds is 2. The second kappa shape index (κ2) is 5.37.